The minimum Gasteiger partial charge on any atom is -0.458 e. The highest BCUT2D eigenvalue weighted by atomic mass is 32.1. The van der Waals surface area contributed by atoms with Crippen molar-refractivity contribution in [1.82, 2.24) is 9.88 Å². The molecule has 2 aliphatic heterocycles. The minimum absolute atomic E-state index is 0.0273. The van der Waals surface area contributed by atoms with Crippen LogP contribution in [-0.4, -0.2) is 80.0 Å². The molecule has 0 spiro atoms. The maximum absolute atomic E-state index is 13.3. The smallest absolute Gasteiger partial charge is 0.309 e. The third kappa shape index (κ3) is 6.65. The van der Waals surface area contributed by atoms with E-state index in [1.165, 1.54) is 11.3 Å². The summed E-state index contributed by atoms with van der Waals surface area (Å²) in [6.45, 7) is 11.5. The van der Waals surface area contributed by atoms with Crippen LogP contribution in [0.5, 0.6) is 0 Å². The Bertz CT molecular complexity index is 1030. The van der Waals surface area contributed by atoms with Crippen molar-refractivity contribution in [2.75, 3.05) is 18.9 Å². The summed E-state index contributed by atoms with van der Waals surface area (Å²) in [7, 11) is 0. The van der Waals surface area contributed by atoms with Crippen LogP contribution in [0.15, 0.2) is 11.0 Å². The van der Waals surface area contributed by atoms with Crippen LogP contribution in [0, 0.1) is 17.3 Å². The molecule has 3 rings (SSSR count). The van der Waals surface area contributed by atoms with Crippen LogP contribution in [0.2, 0.25) is 0 Å². The van der Waals surface area contributed by atoms with Crippen molar-refractivity contribution in [2.24, 2.45) is 17.3 Å². The number of nitrogens with two attached hydrogens (primary N) is 1. The maximum atomic E-state index is 13.3. The maximum Gasteiger partial charge on any atom is 0.309 e. The van der Waals surface area contributed by atoms with Crippen LogP contribution in [-0.2, 0) is 14.3 Å². The van der Waals surface area contributed by atoms with Gasteiger partial charge in [0.25, 0.3) is 0 Å². The highest BCUT2D eigenvalue weighted by Gasteiger charge is 2.58. The van der Waals surface area contributed by atoms with Crippen LogP contribution in [0.3, 0.4) is 0 Å². The second-order valence-corrected chi connectivity index (χ2v) is 12.8. The number of carbonyl (C=O) groups is 2. The lowest BCUT2D eigenvalue weighted by Gasteiger charge is -2.34. The molecule has 2 fully saturated rings. The number of ether oxygens (including phenoxy) is 1. The van der Waals surface area contributed by atoms with E-state index in [9.17, 15) is 24.9 Å². The average Bonchev–Trinajstić information content (AvgIpc) is 3.15. The third-order valence-electron chi connectivity index (χ3n) is 8.84. The minimum atomic E-state index is -1.26. The number of rotatable bonds is 4. The molecule has 5 N–H and O–H groups in total. The molecule has 10 heteroatoms. The summed E-state index contributed by atoms with van der Waals surface area (Å²) in [6, 6.07) is 0.0892. The van der Waals surface area contributed by atoms with Crippen molar-refractivity contribution in [3.05, 3.63) is 16.6 Å². The number of carbonyl (C=O) groups excluding carboxylic acids is 2. The molecule has 2 aliphatic rings. The fourth-order valence-corrected chi connectivity index (χ4v) is 6.50. The van der Waals surface area contributed by atoms with Gasteiger partial charge in [0.15, 0.2) is 5.13 Å². The molecule has 214 valence electrons. The topological polar surface area (TPSA) is 146 Å². The van der Waals surface area contributed by atoms with Gasteiger partial charge in [0.1, 0.15) is 11.9 Å². The van der Waals surface area contributed by atoms with Gasteiger partial charge in [-0.05, 0) is 44.3 Å². The monoisotopic (exact) mass is 551 g/mol. The van der Waals surface area contributed by atoms with Gasteiger partial charge in [0.2, 0.25) is 0 Å². The van der Waals surface area contributed by atoms with Crippen molar-refractivity contribution in [3.63, 3.8) is 0 Å². The van der Waals surface area contributed by atoms with Gasteiger partial charge in [0, 0.05) is 35.8 Å². The molecule has 0 amide bonds. The number of nitrogen functional groups attached to an aromatic ring is 1. The van der Waals surface area contributed by atoms with E-state index in [0.29, 0.717) is 23.8 Å². The molecule has 0 radical (unpaired) electrons. The molecule has 0 saturated carbocycles. The number of thiazole rings is 1. The van der Waals surface area contributed by atoms with Crippen LogP contribution < -0.4 is 5.73 Å². The first-order chi connectivity index (χ1) is 17.7. The zero-order valence-corrected chi connectivity index (χ0v) is 24.3. The molecule has 38 heavy (non-hydrogen) atoms. The van der Waals surface area contributed by atoms with Gasteiger partial charge in [-0.25, -0.2) is 4.98 Å². The van der Waals surface area contributed by atoms with Crippen molar-refractivity contribution < 1.29 is 29.6 Å². The number of Topliss-reactive ketones (excluding diaryl/α,β-unsaturated/α-hetero) is 1. The number of aliphatic hydroxyl groups excluding tert-OH is 3. The van der Waals surface area contributed by atoms with Gasteiger partial charge in [-0.3, -0.25) is 14.5 Å². The summed E-state index contributed by atoms with van der Waals surface area (Å²) in [6.07, 6.45) is 1.81. The molecule has 1 aromatic rings. The Morgan fingerprint density at radius 3 is 2.58 bits per heavy atom. The number of aromatic nitrogens is 1. The molecule has 3 heterocycles. The summed E-state index contributed by atoms with van der Waals surface area (Å²) < 4.78 is 5.95. The molecule has 1 aromatic heterocycles. The van der Waals surface area contributed by atoms with Crippen LogP contribution >= 0.6 is 11.3 Å². The first-order valence-corrected chi connectivity index (χ1v) is 14.5. The van der Waals surface area contributed by atoms with E-state index >= 15 is 0 Å². The third-order valence-corrected chi connectivity index (χ3v) is 9.53. The standard InChI is InChI=1S/C28H45N3O6S/c1-16-8-7-9-28(6)21(31(28)10-11-32)13-20(17(2)12-19-15-38-26(29)30-19)37-23(34)14-22(33)27(4,5)25(36)18(3)24(16)35/h12,15-16,18,20-22,24,32-33,35H,7-11,13-14H2,1-6H3,(H2,29,30)/b17-12+/t16-,18+,20-,21-,22-,24-,28+,31?/m0/s1. The number of hydrogen-bond acceptors (Lipinski definition) is 10. The van der Waals surface area contributed by atoms with E-state index in [-0.39, 0.29) is 36.3 Å². The molecule has 0 aromatic carbocycles. The molecular formula is C28H45N3O6S. The fourth-order valence-electron chi connectivity index (χ4n) is 5.98. The number of β-amino-alcohol motifs (C(OH)–C–C–N with tert-alkyl or cyclic N) is 1. The first-order valence-electron chi connectivity index (χ1n) is 13.6. The zero-order chi connectivity index (χ0) is 28.4. The molecule has 2 saturated heterocycles. The highest BCUT2D eigenvalue weighted by Crippen LogP contribution is 2.48. The Balaban J connectivity index is 1.93. The largest absolute Gasteiger partial charge is 0.458 e. The van der Waals surface area contributed by atoms with Gasteiger partial charge < -0.3 is 25.8 Å². The number of hydrogen-bond donors (Lipinski definition) is 4. The lowest BCUT2D eigenvalue weighted by atomic mass is 9.73. The average molecular weight is 552 g/mol. The van der Waals surface area contributed by atoms with E-state index in [0.717, 1.165) is 24.8 Å². The number of ketones is 1. The first kappa shape index (κ1) is 30.7. The molecule has 0 aliphatic carbocycles. The van der Waals surface area contributed by atoms with Crippen LogP contribution in [0.25, 0.3) is 6.08 Å². The summed E-state index contributed by atoms with van der Waals surface area (Å²) >= 11 is 1.33. The van der Waals surface area contributed by atoms with Crippen LogP contribution in [0.1, 0.15) is 79.3 Å². The highest BCUT2D eigenvalue weighted by molar-refractivity contribution is 7.13. The van der Waals surface area contributed by atoms with E-state index in [2.05, 4.69) is 16.8 Å². The number of cyclic esters (lactones) is 1. The van der Waals surface area contributed by atoms with Crippen molar-refractivity contribution >= 4 is 34.3 Å². The zero-order valence-electron chi connectivity index (χ0n) is 23.5. The fraction of sp³-hybridized carbons (Fsp3) is 0.750. The van der Waals surface area contributed by atoms with Crippen LogP contribution in [0.4, 0.5) is 5.13 Å². The molecule has 9 nitrogen and oxygen atoms in total. The predicted molar refractivity (Wildman–Crippen MR) is 148 cm³/mol. The van der Waals surface area contributed by atoms with Crippen molar-refractivity contribution in [2.45, 2.75) is 104 Å². The van der Waals surface area contributed by atoms with Gasteiger partial charge in [-0.1, -0.05) is 34.1 Å². The van der Waals surface area contributed by atoms with E-state index in [4.69, 9.17) is 10.5 Å². The quantitative estimate of drug-likeness (QED) is 0.328. The Hall–Kier alpha value is -1.85. The summed E-state index contributed by atoms with van der Waals surface area (Å²) in [5.74, 6) is -1.66. The van der Waals surface area contributed by atoms with Crippen molar-refractivity contribution in [3.8, 4) is 0 Å². The molecule has 8 atom stereocenters. The Labute approximate surface area is 230 Å². The summed E-state index contributed by atoms with van der Waals surface area (Å²) in [4.78, 5) is 32.9. The van der Waals surface area contributed by atoms with Gasteiger partial charge in [-0.15, -0.1) is 11.3 Å². The SMILES string of the molecule is C/C(=C\c1csc(N)n1)[C@@H]1C[C@@H]2N(CCO)[C@]2(C)CCC[C@H](C)[C@H](O)[C@@H](C)C(=O)C(C)(C)[C@@H](O)CC(=O)O1. The molecule has 0 bridgehead atoms. The molecule has 1 unspecified atom stereocenters. The van der Waals surface area contributed by atoms with E-state index in [1.807, 2.05) is 25.3 Å². The van der Waals surface area contributed by atoms with E-state index in [1.54, 1.807) is 20.8 Å². The lowest BCUT2D eigenvalue weighted by molar-refractivity contribution is -0.154. The number of aliphatic hydroxyl groups is 3. The molecular weight excluding hydrogens is 506 g/mol. The Kier molecular flexibility index (Phi) is 9.79. The number of esters is 1. The Morgan fingerprint density at radius 1 is 1.29 bits per heavy atom. The number of fused-ring (bicyclic) bond motifs is 1. The normalized spacial score (nSPS) is 37.4. The van der Waals surface area contributed by atoms with Gasteiger partial charge >= 0.3 is 5.97 Å². The Morgan fingerprint density at radius 2 is 1.97 bits per heavy atom. The second kappa shape index (κ2) is 12.1. The van der Waals surface area contributed by atoms with Gasteiger partial charge in [0.05, 0.1) is 36.3 Å². The number of anilines is 1. The summed E-state index contributed by atoms with van der Waals surface area (Å²) in [5.41, 5.74) is 5.87. The predicted octanol–water partition coefficient (Wildman–Crippen LogP) is 3.03. The lowest BCUT2D eigenvalue weighted by Crippen LogP contribution is -2.45. The van der Waals surface area contributed by atoms with E-state index < -0.39 is 35.6 Å². The van der Waals surface area contributed by atoms with Crippen molar-refractivity contribution in [1.29, 1.82) is 0 Å². The summed E-state index contributed by atoms with van der Waals surface area (Å²) in [5, 5.41) is 33.9. The van der Waals surface area contributed by atoms with Gasteiger partial charge in [-0.2, -0.15) is 0 Å². The number of nitrogens with zero attached hydrogens (tertiary/aromatic N) is 2. The second-order valence-electron chi connectivity index (χ2n) is 12.0.